The van der Waals surface area contributed by atoms with Crippen molar-refractivity contribution in [1.82, 2.24) is 59.7 Å². The molecule has 0 amide bonds. The zero-order chi connectivity index (χ0) is 38.2. The number of ether oxygens (including phenoxy) is 2. The Hall–Kier alpha value is -1.21. The van der Waals surface area contributed by atoms with Crippen molar-refractivity contribution in [3.8, 4) is 0 Å². The largest absolute Gasteiger partial charge is 0.356 e. The van der Waals surface area contributed by atoms with Crippen LogP contribution in [0.2, 0.25) is 31.3 Å². The van der Waals surface area contributed by atoms with E-state index in [0.717, 1.165) is 83.0 Å². The van der Waals surface area contributed by atoms with Crippen LogP contribution in [-0.2, 0) is 9.47 Å². The molecular formula is C28H31Cl6N12O2PS3. The molecule has 0 bridgehead atoms. The van der Waals surface area contributed by atoms with Gasteiger partial charge in [-0.25, -0.2) is 24.3 Å². The Morgan fingerprint density at radius 3 is 1.79 bits per heavy atom. The first-order chi connectivity index (χ1) is 25.6. The van der Waals surface area contributed by atoms with Crippen LogP contribution >= 0.6 is 115 Å². The molecule has 0 radical (unpaired) electrons. The number of hydrogen-bond donors (Lipinski definition) is 1. The Kier molecular flexibility index (Phi) is 14.9. The summed E-state index contributed by atoms with van der Waals surface area (Å²) in [7, 11) is 1.67. The van der Waals surface area contributed by atoms with E-state index in [1.54, 1.807) is 26.3 Å². The van der Waals surface area contributed by atoms with Crippen molar-refractivity contribution in [2.24, 2.45) is 0 Å². The number of rotatable bonds is 5. The minimum atomic E-state index is -0.0980. The predicted octanol–water partition coefficient (Wildman–Crippen LogP) is 9.55. The molecule has 8 rings (SSSR count). The number of nitrogens with zero attached hydrogens (tertiary/aromatic N) is 11. The maximum atomic E-state index is 6.16. The minimum Gasteiger partial charge on any atom is -0.356 e. The van der Waals surface area contributed by atoms with E-state index in [4.69, 9.17) is 80.4 Å². The van der Waals surface area contributed by atoms with Gasteiger partial charge in [0.1, 0.15) is 30.5 Å². The lowest BCUT2D eigenvalue weighted by atomic mass is 10.2. The smallest absolute Gasteiger partial charge is 0.225 e. The second-order valence-electron chi connectivity index (χ2n) is 10.8. The second-order valence-corrected chi connectivity index (χ2v) is 15.2. The van der Waals surface area contributed by atoms with Gasteiger partial charge in [-0.3, -0.25) is 5.10 Å². The third kappa shape index (κ3) is 9.24. The summed E-state index contributed by atoms with van der Waals surface area (Å²) in [5.74, 6) is 0. The van der Waals surface area contributed by atoms with Crippen molar-refractivity contribution in [2.75, 3.05) is 32.0 Å². The molecule has 0 aromatic carbocycles. The molecule has 14 nitrogen and oxygen atoms in total. The highest BCUT2D eigenvalue weighted by molar-refractivity contribution is 7.99. The summed E-state index contributed by atoms with van der Waals surface area (Å²) in [6.45, 7) is 1.50. The molecule has 2 fully saturated rings. The normalized spacial score (nSPS) is 17.5. The first-order valence-corrected chi connectivity index (χ1v) is 21.2. The minimum absolute atomic E-state index is 0.0553. The van der Waals surface area contributed by atoms with Crippen LogP contribution in [0.3, 0.4) is 0 Å². The Bertz CT molecular complexity index is 2160. The lowest BCUT2D eigenvalue weighted by molar-refractivity contribution is -0.0441. The lowest BCUT2D eigenvalue weighted by Gasteiger charge is -2.23. The molecular weight excluding hydrogens is 876 g/mol. The second kappa shape index (κ2) is 19.1. The monoisotopic (exact) mass is 905 g/mol. The van der Waals surface area contributed by atoms with Crippen molar-refractivity contribution in [1.29, 1.82) is 1.28 Å². The molecule has 2 aliphatic heterocycles. The Morgan fingerprint density at radius 1 is 0.654 bits per heavy atom. The number of halogens is 6. The van der Waals surface area contributed by atoms with Gasteiger partial charge in [0.05, 0.1) is 17.4 Å². The molecule has 6 aromatic heterocycles. The van der Waals surface area contributed by atoms with Gasteiger partial charge in [0.15, 0.2) is 29.4 Å². The van der Waals surface area contributed by atoms with Gasteiger partial charge in [0, 0.05) is 13.2 Å². The third-order valence-corrected chi connectivity index (χ3v) is 11.1. The fourth-order valence-electron chi connectivity index (χ4n) is 5.41. The molecule has 3 atom stereocenters. The average molecular weight is 909 g/mol. The summed E-state index contributed by atoms with van der Waals surface area (Å²) < 4.78 is 20.8. The maximum Gasteiger partial charge on any atom is 0.225 e. The number of H-pyrrole nitrogens is 1. The standard InChI is InChI=1S/2C11H12Cl2N4OS.C6H4Cl2N4S.H3P/c1-19-10-7-8(12)14-11(13)15-9(7)17(16-10)6-4-2-3-5-18-6;1-19-10-7-8(12)14-11(13)15-9(7)16-17(10)6-4-2-3-5-18-6;1-13-5-2-3(7)9-6(8)10-4(2)11-12-5;/h2*6H,2-5H2,1H3;1H3,(H,9,10,11,12);1H3/i;;;1D. The van der Waals surface area contributed by atoms with Gasteiger partial charge in [0.2, 0.25) is 15.9 Å². The number of nitrogens with one attached hydrogen (secondary N) is 1. The topological polar surface area (TPSA) is 160 Å². The van der Waals surface area contributed by atoms with Gasteiger partial charge in [-0.05, 0) is 92.1 Å². The highest BCUT2D eigenvalue weighted by atomic mass is 35.5. The van der Waals surface area contributed by atoms with Gasteiger partial charge in [-0.2, -0.15) is 35.0 Å². The summed E-state index contributed by atoms with van der Waals surface area (Å²) in [5.41, 5.74) is 1.72. The third-order valence-electron chi connectivity index (χ3n) is 7.64. The zero-order valence-corrected chi connectivity index (χ0v) is 35.8. The van der Waals surface area contributed by atoms with Crippen LogP contribution in [0.15, 0.2) is 15.1 Å². The van der Waals surface area contributed by atoms with Crippen LogP contribution in [0.4, 0.5) is 0 Å². The molecule has 2 aliphatic rings. The van der Waals surface area contributed by atoms with E-state index < -0.39 is 0 Å². The zero-order valence-electron chi connectivity index (χ0n) is 28.6. The summed E-state index contributed by atoms with van der Waals surface area (Å²) in [5, 5.41) is 21.8. The number of thioether (sulfide) groups is 3. The summed E-state index contributed by atoms with van der Waals surface area (Å²) in [6, 6.07) is 0. The molecule has 6 aromatic rings. The molecule has 1 N–H and O–H groups in total. The molecule has 2 saturated heterocycles. The van der Waals surface area contributed by atoms with E-state index in [0.29, 0.717) is 32.4 Å². The van der Waals surface area contributed by atoms with Crippen LogP contribution in [0.5, 0.6) is 0 Å². The van der Waals surface area contributed by atoms with Crippen LogP contribution in [0.1, 0.15) is 51.0 Å². The summed E-state index contributed by atoms with van der Waals surface area (Å²) in [4.78, 5) is 24.1. The van der Waals surface area contributed by atoms with Crippen LogP contribution < -0.4 is 0 Å². The van der Waals surface area contributed by atoms with Crippen molar-refractivity contribution in [2.45, 2.75) is 66.1 Å². The SMILES string of the molecule is CSc1c2c(Cl)nc(Cl)nc2nn1C1CCCCO1.CSc1n[nH]c2nc(Cl)nc(Cl)c12.CSc1nn(C2CCCCO2)c2nc(Cl)nc(Cl)c12.[2H]P. The van der Waals surface area contributed by atoms with E-state index >= 15 is 0 Å². The van der Waals surface area contributed by atoms with Gasteiger partial charge in [-0.15, -0.1) is 40.4 Å². The molecule has 8 heterocycles. The van der Waals surface area contributed by atoms with E-state index in [1.807, 2.05) is 23.4 Å². The molecule has 24 heteroatoms. The molecule has 52 heavy (non-hydrogen) atoms. The van der Waals surface area contributed by atoms with Crippen LogP contribution in [-0.4, -0.2) is 92.9 Å². The van der Waals surface area contributed by atoms with E-state index in [-0.39, 0.29) is 28.3 Å². The molecule has 0 aliphatic carbocycles. The van der Waals surface area contributed by atoms with Crippen molar-refractivity contribution < 1.29 is 9.47 Å². The van der Waals surface area contributed by atoms with Crippen molar-refractivity contribution in [3.05, 3.63) is 31.3 Å². The number of hydrogen-bond acceptors (Lipinski definition) is 14. The first kappa shape index (κ1) is 40.5. The highest BCUT2D eigenvalue weighted by Crippen LogP contribution is 2.36. The Balaban J connectivity index is 0.000000152. The fourth-order valence-corrected chi connectivity index (χ4v) is 8.81. The number of aromatic nitrogens is 12. The average Bonchev–Trinajstić information content (AvgIpc) is 3.87. The highest BCUT2D eigenvalue weighted by Gasteiger charge is 2.26. The van der Waals surface area contributed by atoms with Crippen molar-refractivity contribution >= 4 is 148 Å². The predicted molar refractivity (Wildman–Crippen MR) is 217 cm³/mol. The van der Waals surface area contributed by atoms with E-state index in [2.05, 4.69) is 50.3 Å². The van der Waals surface area contributed by atoms with Gasteiger partial charge >= 0.3 is 0 Å². The Morgan fingerprint density at radius 2 is 1.21 bits per heavy atom. The van der Waals surface area contributed by atoms with Gasteiger partial charge < -0.3 is 9.47 Å². The Labute approximate surface area is 345 Å². The summed E-state index contributed by atoms with van der Waals surface area (Å²) in [6.07, 6.45) is 12.0. The molecule has 0 spiro atoms. The maximum absolute atomic E-state index is 6.16. The van der Waals surface area contributed by atoms with Crippen LogP contribution in [0.25, 0.3) is 33.1 Å². The van der Waals surface area contributed by atoms with Gasteiger partial charge in [-0.1, -0.05) is 34.8 Å². The lowest BCUT2D eigenvalue weighted by Crippen LogP contribution is -2.19. The summed E-state index contributed by atoms with van der Waals surface area (Å²) >= 11 is 40.1. The first-order valence-electron chi connectivity index (χ1n) is 15.9. The molecule has 0 saturated carbocycles. The number of aromatic amines is 1. The van der Waals surface area contributed by atoms with E-state index in [9.17, 15) is 0 Å². The molecule has 280 valence electrons. The van der Waals surface area contributed by atoms with Crippen LogP contribution in [0, 0.1) is 0 Å². The van der Waals surface area contributed by atoms with Crippen molar-refractivity contribution in [3.63, 3.8) is 0 Å². The van der Waals surface area contributed by atoms with E-state index in [1.165, 1.54) is 23.5 Å². The fraction of sp³-hybridized carbons (Fsp3) is 0.464. The van der Waals surface area contributed by atoms with Gasteiger partial charge in [0.25, 0.3) is 0 Å². The molecule has 3 unspecified atom stereocenters. The quantitative estimate of drug-likeness (QED) is 0.0754. The number of fused-ring (bicyclic) bond motifs is 3.